The summed E-state index contributed by atoms with van der Waals surface area (Å²) < 4.78 is 6.80. The molecule has 4 rings (SSSR count). The highest BCUT2D eigenvalue weighted by molar-refractivity contribution is 6.07. The van der Waals surface area contributed by atoms with Gasteiger partial charge in [0.15, 0.2) is 0 Å². The Kier molecular flexibility index (Phi) is 5.49. The highest BCUT2D eigenvalue weighted by Crippen LogP contribution is 2.31. The molecule has 3 aromatic rings. The number of hydrogen-bond donors (Lipinski definition) is 0. The molecule has 2 aromatic carbocycles. The number of anilines is 1. The van der Waals surface area contributed by atoms with Crippen LogP contribution in [0.1, 0.15) is 41.2 Å². The van der Waals surface area contributed by atoms with E-state index in [0.717, 1.165) is 16.8 Å². The zero-order valence-electron chi connectivity index (χ0n) is 18.2. The van der Waals surface area contributed by atoms with Crippen LogP contribution in [0.4, 0.5) is 5.69 Å². The van der Waals surface area contributed by atoms with Gasteiger partial charge in [0.2, 0.25) is 0 Å². The average Bonchev–Trinajstić information content (AvgIpc) is 3.19. The van der Waals surface area contributed by atoms with Crippen LogP contribution in [-0.4, -0.2) is 29.3 Å². The number of amides is 1. The lowest BCUT2D eigenvalue weighted by Crippen LogP contribution is -2.38. The summed E-state index contributed by atoms with van der Waals surface area (Å²) in [6, 6.07) is 17.0. The number of benzene rings is 2. The second-order valence-corrected chi connectivity index (χ2v) is 8.16. The minimum atomic E-state index is -0.610. The van der Waals surface area contributed by atoms with Crippen LogP contribution in [0.15, 0.2) is 53.7 Å². The second kappa shape index (κ2) is 8.27. The highest BCUT2D eigenvalue weighted by Gasteiger charge is 2.33. The summed E-state index contributed by atoms with van der Waals surface area (Å²) in [5, 5.41) is 16.9. The lowest BCUT2D eigenvalue weighted by Gasteiger charge is -2.28. The SMILES string of the molecule is COc1ccc(-n2nc(CN=O)c3c2C(=O)N(c2ccc(C(C)(C)C#N)cc2)CC3)cc1. The van der Waals surface area contributed by atoms with Crippen LogP contribution in [-0.2, 0) is 18.4 Å². The second-order valence-electron chi connectivity index (χ2n) is 8.16. The maximum atomic E-state index is 13.6. The Hall–Kier alpha value is -3.99. The van der Waals surface area contributed by atoms with E-state index in [4.69, 9.17) is 4.74 Å². The lowest BCUT2D eigenvalue weighted by atomic mass is 9.86. The molecule has 162 valence electrons. The maximum Gasteiger partial charge on any atom is 0.277 e. The van der Waals surface area contributed by atoms with E-state index in [9.17, 15) is 15.0 Å². The van der Waals surface area contributed by atoms with Gasteiger partial charge in [-0.1, -0.05) is 17.3 Å². The van der Waals surface area contributed by atoms with Crippen LogP contribution < -0.4 is 9.64 Å². The number of nitrogens with zero attached hydrogens (tertiary/aromatic N) is 5. The molecule has 0 radical (unpaired) electrons. The van der Waals surface area contributed by atoms with Crippen molar-refractivity contribution in [3.05, 3.63) is 76.0 Å². The number of rotatable bonds is 6. The first-order valence-corrected chi connectivity index (χ1v) is 10.3. The van der Waals surface area contributed by atoms with Crippen molar-refractivity contribution in [2.75, 3.05) is 18.6 Å². The fourth-order valence-electron chi connectivity index (χ4n) is 3.90. The van der Waals surface area contributed by atoms with E-state index in [2.05, 4.69) is 16.3 Å². The molecule has 0 unspecified atom stereocenters. The number of ether oxygens (including phenoxy) is 1. The van der Waals surface area contributed by atoms with Gasteiger partial charge in [-0.25, -0.2) is 4.68 Å². The Morgan fingerprint density at radius 3 is 2.38 bits per heavy atom. The molecule has 1 aliphatic rings. The fourth-order valence-corrected chi connectivity index (χ4v) is 3.90. The van der Waals surface area contributed by atoms with E-state index in [1.165, 1.54) is 0 Å². The Morgan fingerprint density at radius 1 is 1.12 bits per heavy atom. The number of carbonyl (C=O) groups excluding carboxylic acids is 1. The van der Waals surface area contributed by atoms with Crippen molar-refractivity contribution < 1.29 is 9.53 Å². The molecule has 1 aromatic heterocycles. The monoisotopic (exact) mass is 429 g/mol. The molecule has 0 saturated heterocycles. The van der Waals surface area contributed by atoms with Crippen molar-refractivity contribution in [2.45, 2.75) is 32.2 Å². The van der Waals surface area contributed by atoms with Gasteiger partial charge >= 0.3 is 0 Å². The molecule has 0 atom stereocenters. The minimum absolute atomic E-state index is 0.0866. The zero-order valence-corrected chi connectivity index (χ0v) is 18.2. The van der Waals surface area contributed by atoms with Crippen molar-refractivity contribution in [3.63, 3.8) is 0 Å². The number of aromatic nitrogens is 2. The number of nitriles is 1. The number of nitroso groups, excluding NO2 is 1. The Bertz CT molecular complexity index is 1200. The van der Waals surface area contributed by atoms with Crippen LogP contribution in [0.5, 0.6) is 5.75 Å². The molecule has 2 heterocycles. The van der Waals surface area contributed by atoms with E-state index < -0.39 is 5.41 Å². The first-order valence-electron chi connectivity index (χ1n) is 10.3. The first-order chi connectivity index (χ1) is 15.4. The van der Waals surface area contributed by atoms with Crippen LogP contribution in [0.25, 0.3) is 5.69 Å². The predicted octanol–water partition coefficient (Wildman–Crippen LogP) is 4.15. The summed E-state index contributed by atoms with van der Waals surface area (Å²) in [6.07, 6.45) is 0.563. The van der Waals surface area contributed by atoms with E-state index in [1.807, 2.05) is 50.2 Å². The molecular weight excluding hydrogens is 406 g/mol. The molecule has 0 bridgehead atoms. The normalized spacial score (nSPS) is 13.4. The van der Waals surface area contributed by atoms with E-state index in [-0.39, 0.29) is 12.5 Å². The topological polar surface area (TPSA) is 101 Å². The molecule has 0 spiro atoms. The predicted molar refractivity (Wildman–Crippen MR) is 120 cm³/mol. The van der Waals surface area contributed by atoms with E-state index in [1.54, 1.807) is 28.8 Å². The molecule has 1 aliphatic heterocycles. The van der Waals surface area contributed by atoms with Crippen molar-refractivity contribution in [1.29, 1.82) is 5.26 Å². The number of hydrogen-bond acceptors (Lipinski definition) is 6. The highest BCUT2D eigenvalue weighted by atomic mass is 16.5. The number of fused-ring (bicyclic) bond motifs is 1. The third-order valence-corrected chi connectivity index (χ3v) is 5.81. The maximum absolute atomic E-state index is 13.6. The zero-order chi connectivity index (χ0) is 22.9. The molecule has 0 aliphatic carbocycles. The van der Waals surface area contributed by atoms with Crippen molar-refractivity contribution in [3.8, 4) is 17.5 Å². The fraction of sp³-hybridized carbons (Fsp3) is 0.292. The van der Waals surface area contributed by atoms with Crippen molar-refractivity contribution in [1.82, 2.24) is 9.78 Å². The number of carbonyl (C=O) groups is 1. The smallest absolute Gasteiger partial charge is 0.277 e. The molecule has 0 N–H and O–H groups in total. The van der Waals surface area contributed by atoms with Gasteiger partial charge in [0.05, 0.1) is 30.0 Å². The van der Waals surface area contributed by atoms with E-state index in [0.29, 0.717) is 35.8 Å². The van der Waals surface area contributed by atoms with Gasteiger partial charge in [-0.15, -0.1) is 0 Å². The van der Waals surface area contributed by atoms with Gasteiger partial charge in [0.25, 0.3) is 5.91 Å². The molecule has 1 amide bonds. The van der Waals surface area contributed by atoms with Crippen molar-refractivity contribution >= 4 is 11.6 Å². The van der Waals surface area contributed by atoms with Gasteiger partial charge in [-0.3, -0.25) is 4.79 Å². The van der Waals surface area contributed by atoms with Crippen LogP contribution in [0.2, 0.25) is 0 Å². The summed E-state index contributed by atoms with van der Waals surface area (Å²) in [4.78, 5) is 26.2. The van der Waals surface area contributed by atoms with Gasteiger partial charge in [0, 0.05) is 17.8 Å². The van der Waals surface area contributed by atoms with Gasteiger partial charge in [0.1, 0.15) is 18.0 Å². The molecular formula is C24H23N5O3. The molecule has 0 fully saturated rings. The average molecular weight is 429 g/mol. The molecule has 0 saturated carbocycles. The van der Waals surface area contributed by atoms with Crippen molar-refractivity contribution in [2.24, 2.45) is 5.18 Å². The summed E-state index contributed by atoms with van der Waals surface area (Å²) in [5.41, 5.74) is 3.42. The van der Waals surface area contributed by atoms with Crippen LogP contribution >= 0.6 is 0 Å². The third-order valence-electron chi connectivity index (χ3n) is 5.81. The Morgan fingerprint density at radius 2 is 1.78 bits per heavy atom. The molecule has 8 nitrogen and oxygen atoms in total. The minimum Gasteiger partial charge on any atom is -0.497 e. The summed E-state index contributed by atoms with van der Waals surface area (Å²) in [5.74, 6) is 0.497. The Balaban J connectivity index is 1.74. The van der Waals surface area contributed by atoms with Gasteiger partial charge < -0.3 is 9.64 Å². The standard InChI is InChI=1S/C24H23N5O3/c1-24(2,15-25)16-4-6-17(7-5-16)28-13-12-20-21(14-26-31)27-29(22(20)23(28)30)18-8-10-19(32-3)11-9-18/h4-11H,12-14H2,1-3H3. The van der Waals surface area contributed by atoms with Gasteiger partial charge in [-0.2, -0.15) is 15.3 Å². The molecule has 8 heteroatoms. The largest absolute Gasteiger partial charge is 0.497 e. The molecule has 32 heavy (non-hydrogen) atoms. The van der Waals surface area contributed by atoms with Gasteiger partial charge in [-0.05, 0) is 62.2 Å². The summed E-state index contributed by atoms with van der Waals surface area (Å²) in [7, 11) is 1.59. The first kappa shape index (κ1) is 21.2. The lowest BCUT2D eigenvalue weighted by molar-refractivity contribution is 0.0973. The van der Waals surface area contributed by atoms with E-state index >= 15 is 0 Å². The summed E-state index contributed by atoms with van der Waals surface area (Å²) >= 11 is 0. The summed E-state index contributed by atoms with van der Waals surface area (Å²) in [6.45, 7) is 4.09. The third kappa shape index (κ3) is 3.62. The van der Waals surface area contributed by atoms with Crippen LogP contribution in [0.3, 0.4) is 0 Å². The quantitative estimate of drug-likeness (QED) is 0.548. The Labute approximate surface area is 186 Å². The number of methoxy groups -OCH3 is 1. The van der Waals surface area contributed by atoms with Crippen LogP contribution in [0, 0.1) is 16.2 Å².